The van der Waals surface area contributed by atoms with Crippen molar-refractivity contribution >= 4 is 22.4 Å². The lowest BCUT2D eigenvalue weighted by Crippen LogP contribution is -2.12. The van der Waals surface area contributed by atoms with E-state index < -0.39 is 0 Å². The Morgan fingerprint density at radius 3 is 2.85 bits per heavy atom. The van der Waals surface area contributed by atoms with Gasteiger partial charge in [-0.3, -0.25) is 10.1 Å². The first-order chi connectivity index (χ1) is 9.58. The number of amides is 1. The summed E-state index contributed by atoms with van der Waals surface area (Å²) in [4.78, 5) is 16.4. The molecule has 0 unspecified atom stereocenters. The molecule has 0 bridgehead atoms. The maximum atomic E-state index is 12.2. The Kier molecular flexibility index (Phi) is 4.51. The normalized spacial score (nSPS) is 9.75. The number of hydrogen-bond donors (Lipinski definition) is 2. The topological polar surface area (TPSA) is 62.2 Å². The van der Waals surface area contributed by atoms with Crippen LogP contribution in [0.2, 0.25) is 0 Å². The summed E-state index contributed by atoms with van der Waals surface area (Å²) in [5, 5.41) is 13.9. The lowest BCUT2D eigenvalue weighted by molar-refractivity contribution is 0.102. The second-order valence-corrected chi connectivity index (χ2v) is 5.15. The smallest absolute Gasteiger partial charge is 0.257 e. The predicted octanol–water partition coefficient (Wildman–Crippen LogP) is 2.36. The van der Waals surface area contributed by atoms with Crippen molar-refractivity contribution in [2.75, 3.05) is 11.9 Å². The summed E-state index contributed by atoms with van der Waals surface area (Å²) in [5.41, 5.74) is 3.05. The summed E-state index contributed by atoms with van der Waals surface area (Å²) in [7, 11) is 0. The summed E-state index contributed by atoms with van der Waals surface area (Å²) in [6.07, 6.45) is 0. The van der Waals surface area contributed by atoms with E-state index >= 15 is 0 Å². The first kappa shape index (κ1) is 14.3. The Balaban J connectivity index is 2.23. The van der Waals surface area contributed by atoms with Crippen LogP contribution in [-0.4, -0.2) is 22.6 Å². The second kappa shape index (κ2) is 6.33. The van der Waals surface area contributed by atoms with Crippen molar-refractivity contribution in [3.05, 3.63) is 46.0 Å². The van der Waals surface area contributed by atoms with Gasteiger partial charge in [0.15, 0.2) is 5.13 Å². The number of benzene rings is 1. The molecule has 0 spiro atoms. The first-order valence-corrected chi connectivity index (χ1v) is 6.91. The molecule has 1 aromatic carbocycles. The molecule has 2 N–H and O–H groups in total. The van der Waals surface area contributed by atoms with Gasteiger partial charge in [-0.25, -0.2) is 4.98 Å². The molecular weight excluding hydrogens is 272 g/mol. The Hall–Kier alpha value is -2.16. The van der Waals surface area contributed by atoms with Crippen LogP contribution in [0.5, 0.6) is 0 Å². The molecule has 20 heavy (non-hydrogen) atoms. The number of aliphatic hydroxyl groups is 1. The quantitative estimate of drug-likeness (QED) is 0.833. The minimum atomic E-state index is -0.213. The van der Waals surface area contributed by atoms with Gasteiger partial charge >= 0.3 is 0 Å². The zero-order chi connectivity index (χ0) is 14.5. The maximum Gasteiger partial charge on any atom is 0.257 e. The Morgan fingerprint density at radius 1 is 1.40 bits per heavy atom. The Morgan fingerprint density at radius 2 is 2.20 bits per heavy atom. The minimum Gasteiger partial charge on any atom is -0.384 e. The van der Waals surface area contributed by atoms with Crippen molar-refractivity contribution in [1.82, 2.24) is 4.98 Å². The third kappa shape index (κ3) is 3.67. The Labute approximate surface area is 121 Å². The molecule has 1 aromatic heterocycles. The van der Waals surface area contributed by atoms with Crippen LogP contribution in [-0.2, 0) is 0 Å². The highest BCUT2D eigenvalue weighted by molar-refractivity contribution is 7.13. The number of aryl methyl sites for hydroxylation is 2. The number of carbonyl (C=O) groups is 1. The number of anilines is 1. The fourth-order valence-corrected chi connectivity index (χ4v) is 2.39. The van der Waals surface area contributed by atoms with Crippen LogP contribution >= 0.6 is 11.3 Å². The van der Waals surface area contributed by atoms with Crippen LogP contribution in [0.4, 0.5) is 5.13 Å². The predicted molar refractivity (Wildman–Crippen MR) is 79.9 cm³/mol. The van der Waals surface area contributed by atoms with Gasteiger partial charge in [-0.05, 0) is 37.6 Å². The van der Waals surface area contributed by atoms with E-state index in [2.05, 4.69) is 22.1 Å². The molecule has 0 atom stereocenters. The number of hydrogen-bond acceptors (Lipinski definition) is 4. The van der Waals surface area contributed by atoms with Crippen molar-refractivity contribution in [3.8, 4) is 11.8 Å². The molecule has 4 nitrogen and oxygen atoms in total. The van der Waals surface area contributed by atoms with E-state index in [-0.39, 0.29) is 12.5 Å². The van der Waals surface area contributed by atoms with Crippen molar-refractivity contribution in [1.29, 1.82) is 0 Å². The zero-order valence-corrected chi connectivity index (χ0v) is 12.0. The van der Waals surface area contributed by atoms with Gasteiger partial charge in [0.2, 0.25) is 0 Å². The van der Waals surface area contributed by atoms with Crippen LogP contribution < -0.4 is 5.32 Å². The average molecular weight is 286 g/mol. The van der Waals surface area contributed by atoms with Crippen molar-refractivity contribution in [3.63, 3.8) is 0 Å². The molecule has 2 aromatic rings. The van der Waals surface area contributed by atoms with Gasteiger partial charge in [0.05, 0.1) is 5.69 Å². The summed E-state index contributed by atoms with van der Waals surface area (Å²) >= 11 is 1.39. The van der Waals surface area contributed by atoms with Crippen molar-refractivity contribution < 1.29 is 9.90 Å². The van der Waals surface area contributed by atoms with Crippen LogP contribution in [0.1, 0.15) is 27.2 Å². The molecule has 0 radical (unpaired) electrons. The lowest BCUT2D eigenvalue weighted by Gasteiger charge is -2.04. The molecule has 1 heterocycles. The van der Waals surface area contributed by atoms with Crippen LogP contribution in [0.3, 0.4) is 0 Å². The molecule has 0 saturated heterocycles. The summed E-state index contributed by atoms with van der Waals surface area (Å²) in [6, 6.07) is 5.36. The van der Waals surface area contributed by atoms with Crippen LogP contribution in [0.15, 0.2) is 23.6 Å². The minimum absolute atomic E-state index is 0.201. The first-order valence-electron chi connectivity index (χ1n) is 6.03. The number of thiazole rings is 1. The average Bonchev–Trinajstić information content (AvgIpc) is 2.81. The van der Waals surface area contributed by atoms with Gasteiger partial charge < -0.3 is 5.11 Å². The highest BCUT2D eigenvalue weighted by atomic mass is 32.1. The molecule has 1 amide bonds. The number of nitrogens with zero attached hydrogens (tertiary/aromatic N) is 1. The molecule has 0 fully saturated rings. The number of nitrogens with one attached hydrogen (secondary N) is 1. The van der Waals surface area contributed by atoms with Gasteiger partial charge in [-0.15, -0.1) is 11.3 Å². The third-order valence-electron chi connectivity index (χ3n) is 2.49. The fraction of sp³-hybridized carbons (Fsp3) is 0.200. The molecule has 2 rings (SSSR count). The molecule has 0 saturated carbocycles. The Bertz CT molecular complexity index is 695. The highest BCUT2D eigenvalue weighted by Crippen LogP contribution is 2.16. The van der Waals surface area contributed by atoms with E-state index in [1.165, 1.54) is 11.3 Å². The van der Waals surface area contributed by atoms with Crippen LogP contribution in [0.25, 0.3) is 0 Å². The van der Waals surface area contributed by atoms with Gasteiger partial charge in [-0.2, -0.15) is 0 Å². The maximum absolute atomic E-state index is 12.2. The molecular formula is C15H14N2O2S. The molecule has 0 aliphatic heterocycles. The van der Waals surface area contributed by atoms with E-state index in [9.17, 15) is 4.79 Å². The van der Waals surface area contributed by atoms with E-state index in [4.69, 9.17) is 5.11 Å². The van der Waals surface area contributed by atoms with Crippen molar-refractivity contribution in [2.45, 2.75) is 13.8 Å². The number of rotatable bonds is 2. The standard InChI is InChI=1S/C15H14N2O2S/c1-10-6-12(4-3-5-18)8-13(7-10)14(19)17-15-16-11(2)9-20-15/h6-9,18H,5H2,1-2H3,(H,16,17,19). The van der Waals surface area contributed by atoms with E-state index in [0.29, 0.717) is 16.3 Å². The number of aliphatic hydroxyl groups excluding tert-OH is 1. The largest absolute Gasteiger partial charge is 0.384 e. The fourth-order valence-electron chi connectivity index (χ4n) is 1.71. The third-order valence-corrected chi connectivity index (χ3v) is 3.37. The van der Waals surface area contributed by atoms with E-state index in [1.807, 2.05) is 25.3 Å². The van der Waals surface area contributed by atoms with Gasteiger partial charge in [0, 0.05) is 16.5 Å². The molecule has 5 heteroatoms. The SMILES string of the molecule is Cc1cc(C#CCO)cc(C(=O)Nc2nc(C)cs2)c1. The monoisotopic (exact) mass is 286 g/mol. The van der Waals surface area contributed by atoms with Gasteiger partial charge in [0.1, 0.15) is 6.61 Å². The number of aromatic nitrogens is 1. The lowest BCUT2D eigenvalue weighted by atomic mass is 10.1. The summed E-state index contributed by atoms with van der Waals surface area (Å²) < 4.78 is 0. The van der Waals surface area contributed by atoms with Gasteiger partial charge in [-0.1, -0.05) is 11.8 Å². The second-order valence-electron chi connectivity index (χ2n) is 4.30. The van der Waals surface area contributed by atoms with Crippen LogP contribution in [0, 0.1) is 25.7 Å². The highest BCUT2D eigenvalue weighted by Gasteiger charge is 2.09. The van der Waals surface area contributed by atoms with E-state index in [0.717, 1.165) is 11.3 Å². The van der Waals surface area contributed by atoms with Gasteiger partial charge in [0.25, 0.3) is 5.91 Å². The molecule has 102 valence electrons. The molecule has 0 aliphatic carbocycles. The van der Waals surface area contributed by atoms with E-state index in [1.54, 1.807) is 12.1 Å². The van der Waals surface area contributed by atoms with Crippen molar-refractivity contribution in [2.24, 2.45) is 0 Å². The zero-order valence-electron chi connectivity index (χ0n) is 11.2. The summed E-state index contributed by atoms with van der Waals surface area (Å²) in [5.74, 6) is 5.17. The molecule has 0 aliphatic rings. The number of carbonyl (C=O) groups excluding carboxylic acids is 1. The summed E-state index contributed by atoms with van der Waals surface area (Å²) in [6.45, 7) is 3.57.